The molecule has 0 aliphatic heterocycles. The lowest BCUT2D eigenvalue weighted by molar-refractivity contribution is 0.371. The normalized spacial score (nSPS) is 11.8. The molecule has 0 spiro atoms. The molecule has 2 aromatic heterocycles. The number of hydrogen-bond donors (Lipinski definition) is 2. The predicted molar refractivity (Wildman–Crippen MR) is 112 cm³/mol. The van der Waals surface area contributed by atoms with Gasteiger partial charge in [-0.05, 0) is 26.0 Å². The number of oxazole rings is 1. The number of aryl methyl sites for hydroxylation is 1. The van der Waals surface area contributed by atoms with E-state index >= 15 is 0 Å². The van der Waals surface area contributed by atoms with Crippen LogP contribution < -0.4 is 10.6 Å². The molecular formula is C21H28N6O2. The average Bonchev–Trinajstić information content (AvgIpc) is 3.36. The Kier molecular flexibility index (Phi) is 6.99. The fourth-order valence-corrected chi connectivity index (χ4v) is 2.60. The Morgan fingerprint density at radius 1 is 1.14 bits per heavy atom. The molecule has 8 nitrogen and oxygen atoms in total. The molecule has 0 unspecified atom stereocenters. The maximum Gasteiger partial charge on any atom is 0.228 e. The second kappa shape index (κ2) is 9.86. The van der Waals surface area contributed by atoms with Crippen LogP contribution in [0.5, 0.6) is 0 Å². The Hall–Kier alpha value is -3.16. The fourth-order valence-electron chi connectivity index (χ4n) is 2.60. The molecule has 3 rings (SSSR count). The molecule has 3 aromatic rings. The third-order valence-corrected chi connectivity index (χ3v) is 4.23. The van der Waals surface area contributed by atoms with E-state index in [0.717, 1.165) is 23.6 Å². The van der Waals surface area contributed by atoms with E-state index in [0.29, 0.717) is 37.3 Å². The van der Waals surface area contributed by atoms with Gasteiger partial charge in [-0.25, -0.2) is 9.98 Å². The van der Waals surface area contributed by atoms with E-state index < -0.39 is 0 Å². The molecule has 0 fully saturated rings. The van der Waals surface area contributed by atoms with Crippen LogP contribution in [0.3, 0.4) is 0 Å². The number of nitrogens with one attached hydrogen (secondary N) is 2. The van der Waals surface area contributed by atoms with Crippen molar-refractivity contribution in [1.82, 2.24) is 25.8 Å². The first-order valence-corrected chi connectivity index (χ1v) is 9.91. The lowest BCUT2D eigenvalue weighted by Crippen LogP contribution is -2.38. The van der Waals surface area contributed by atoms with Gasteiger partial charge in [0.05, 0.1) is 6.54 Å². The number of aromatic nitrogens is 3. The molecule has 0 radical (unpaired) electrons. The van der Waals surface area contributed by atoms with Gasteiger partial charge in [-0.1, -0.05) is 36.7 Å². The van der Waals surface area contributed by atoms with Gasteiger partial charge in [0.1, 0.15) is 12.0 Å². The van der Waals surface area contributed by atoms with Gasteiger partial charge in [0.2, 0.25) is 11.8 Å². The van der Waals surface area contributed by atoms with Crippen molar-refractivity contribution in [2.45, 2.75) is 46.6 Å². The Balaban J connectivity index is 1.55. The molecular weight excluding hydrogens is 368 g/mol. The number of rotatable bonds is 8. The van der Waals surface area contributed by atoms with Crippen molar-refractivity contribution in [3.8, 4) is 11.5 Å². The van der Waals surface area contributed by atoms with Gasteiger partial charge < -0.3 is 19.6 Å². The highest BCUT2D eigenvalue weighted by molar-refractivity contribution is 5.79. The van der Waals surface area contributed by atoms with Crippen molar-refractivity contribution in [2.24, 2.45) is 4.99 Å². The van der Waals surface area contributed by atoms with Crippen molar-refractivity contribution >= 4 is 5.96 Å². The van der Waals surface area contributed by atoms with E-state index in [-0.39, 0.29) is 5.92 Å². The van der Waals surface area contributed by atoms with Gasteiger partial charge in [0.25, 0.3) is 0 Å². The largest absolute Gasteiger partial charge is 0.444 e. The van der Waals surface area contributed by atoms with Gasteiger partial charge in [-0.2, -0.15) is 4.98 Å². The lowest BCUT2D eigenvalue weighted by Gasteiger charge is -2.09. The van der Waals surface area contributed by atoms with Crippen LogP contribution in [0.4, 0.5) is 0 Å². The summed E-state index contributed by atoms with van der Waals surface area (Å²) in [6.07, 6.45) is 2.28. The van der Waals surface area contributed by atoms with E-state index in [1.165, 1.54) is 5.56 Å². The molecule has 0 aliphatic rings. The lowest BCUT2D eigenvalue weighted by atomic mass is 10.1. The molecule has 0 amide bonds. The third-order valence-electron chi connectivity index (χ3n) is 4.23. The standard InChI is InChI=1S/C21H28N6O2/c1-5-22-21(23-11-10-18-26-19(14(2)3)27-29-18)24-12-17-13-28-20(25-17)16-8-6-15(4)7-9-16/h6-9,13-14H,5,10-12H2,1-4H3,(H2,22,23,24). The Bertz CT molecular complexity index is 927. The Morgan fingerprint density at radius 2 is 1.93 bits per heavy atom. The van der Waals surface area contributed by atoms with E-state index in [9.17, 15) is 0 Å². The smallest absolute Gasteiger partial charge is 0.228 e. The van der Waals surface area contributed by atoms with E-state index in [1.54, 1.807) is 6.26 Å². The summed E-state index contributed by atoms with van der Waals surface area (Å²) in [6, 6.07) is 8.08. The summed E-state index contributed by atoms with van der Waals surface area (Å²) in [5.74, 6) is 2.92. The van der Waals surface area contributed by atoms with Crippen LogP contribution in [0.1, 0.15) is 49.7 Å². The molecule has 8 heteroatoms. The van der Waals surface area contributed by atoms with Crippen LogP contribution >= 0.6 is 0 Å². The molecule has 0 atom stereocenters. The molecule has 29 heavy (non-hydrogen) atoms. The summed E-state index contributed by atoms with van der Waals surface area (Å²) in [6.45, 7) is 9.97. The van der Waals surface area contributed by atoms with Crippen LogP contribution in [0.2, 0.25) is 0 Å². The van der Waals surface area contributed by atoms with E-state index in [4.69, 9.17) is 8.94 Å². The summed E-state index contributed by atoms with van der Waals surface area (Å²) < 4.78 is 10.9. The molecule has 154 valence electrons. The topological polar surface area (TPSA) is 101 Å². The van der Waals surface area contributed by atoms with Crippen molar-refractivity contribution in [2.75, 3.05) is 13.1 Å². The molecule has 0 saturated heterocycles. The summed E-state index contributed by atoms with van der Waals surface area (Å²) in [5.41, 5.74) is 2.93. The van der Waals surface area contributed by atoms with Gasteiger partial charge in [0.15, 0.2) is 11.8 Å². The van der Waals surface area contributed by atoms with Crippen molar-refractivity contribution < 1.29 is 8.94 Å². The Labute approximate surface area is 170 Å². The first-order chi connectivity index (χ1) is 14.0. The van der Waals surface area contributed by atoms with Crippen LogP contribution in [0, 0.1) is 6.92 Å². The molecule has 2 heterocycles. The fraction of sp³-hybridized carbons (Fsp3) is 0.429. The summed E-state index contributed by atoms with van der Waals surface area (Å²) >= 11 is 0. The van der Waals surface area contributed by atoms with Crippen molar-refractivity contribution in [1.29, 1.82) is 0 Å². The monoisotopic (exact) mass is 396 g/mol. The predicted octanol–water partition coefficient (Wildman–Crippen LogP) is 3.45. The van der Waals surface area contributed by atoms with Gasteiger partial charge in [0, 0.05) is 31.0 Å². The second-order valence-electron chi connectivity index (χ2n) is 7.08. The van der Waals surface area contributed by atoms with Gasteiger partial charge in [-0.15, -0.1) is 0 Å². The summed E-state index contributed by atoms with van der Waals surface area (Å²) in [5, 5.41) is 10.5. The number of hydrogen-bond acceptors (Lipinski definition) is 6. The SMILES string of the molecule is CCNC(=NCc1coc(-c2ccc(C)cc2)n1)NCCc1nc(C(C)C)no1. The highest BCUT2D eigenvalue weighted by Crippen LogP contribution is 2.19. The van der Waals surface area contributed by atoms with Crippen molar-refractivity contribution in [3.05, 3.63) is 53.5 Å². The summed E-state index contributed by atoms with van der Waals surface area (Å²) in [7, 11) is 0. The highest BCUT2D eigenvalue weighted by atomic mass is 16.5. The quantitative estimate of drug-likeness (QED) is 0.444. The van der Waals surface area contributed by atoms with E-state index in [1.807, 2.05) is 45.0 Å². The number of nitrogens with zero attached hydrogens (tertiary/aromatic N) is 4. The number of benzene rings is 1. The zero-order chi connectivity index (χ0) is 20.6. The zero-order valence-electron chi connectivity index (χ0n) is 17.4. The molecule has 1 aromatic carbocycles. The minimum Gasteiger partial charge on any atom is -0.444 e. The minimum absolute atomic E-state index is 0.256. The molecule has 0 saturated carbocycles. The first-order valence-electron chi connectivity index (χ1n) is 9.91. The number of guanidine groups is 1. The van der Waals surface area contributed by atoms with Crippen LogP contribution in [-0.2, 0) is 13.0 Å². The van der Waals surface area contributed by atoms with E-state index in [2.05, 4.69) is 37.7 Å². The third kappa shape index (κ3) is 5.91. The van der Waals surface area contributed by atoms with Crippen molar-refractivity contribution in [3.63, 3.8) is 0 Å². The summed E-state index contributed by atoms with van der Waals surface area (Å²) in [4.78, 5) is 13.5. The molecule has 0 bridgehead atoms. The van der Waals surface area contributed by atoms with Crippen LogP contribution in [0.25, 0.3) is 11.5 Å². The average molecular weight is 396 g/mol. The molecule has 2 N–H and O–H groups in total. The van der Waals surface area contributed by atoms with Crippen LogP contribution in [-0.4, -0.2) is 34.2 Å². The van der Waals surface area contributed by atoms with Gasteiger partial charge >= 0.3 is 0 Å². The van der Waals surface area contributed by atoms with Gasteiger partial charge in [-0.3, -0.25) is 0 Å². The highest BCUT2D eigenvalue weighted by Gasteiger charge is 2.10. The first kappa shape index (κ1) is 20.6. The maximum absolute atomic E-state index is 5.59. The second-order valence-corrected chi connectivity index (χ2v) is 7.08. The zero-order valence-corrected chi connectivity index (χ0v) is 17.4. The van der Waals surface area contributed by atoms with Crippen LogP contribution in [0.15, 0.2) is 44.5 Å². The number of aliphatic imine (C=N–C) groups is 1. The molecule has 0 aliphatic carbocycles. The minimum atomic E-state index is 0.256. The maximum atomic E-state index is 5.59. The Morgan fingerprint density at radius 3 is 2.62 bits per heavy atom.